The summed E-state index contributed by atoms with van der Waals surface area (Å²) in [4.78, 5) is 6.46. The van der Waals surface area contributed by atoms with E-state index in [4.69, 9.17) is 5.73 Å². The van der Waals surface area contributed by atoms with Gasteiger partial charge in [-0.25, -0.2) is 0 Å². The van der Waals surface area contributed by atoms with Gasteiger partial charge in [-0.2, -0.15) is 0 Å². The van der Waals surface area contributed by atoms with Crippen molar-refractivity contribution in [2.75, 3.05) is 13.6 Å². The van der Waals surface area contributed by atoms with E-state index in [0.29, 0.717) is 5.96 Å². The molecule has 1 spiro atoms. The molecule has 1 aliphatic heterocycles. The first kappa shape index (κ1) is 7.90. The van der Waals surface area contributed by atoms with Crippen molar-refractivity contribution in [1.29, 1.82) is 0 Å². The summed E-state index contributed by atoms with van der Waals surface area (Å²) >= 11 is 0. The highest BCUT2D eigenvalue weighted by atomic mass is 15.4. The van der Waals surface area contributed by atoms with Crippen molar-refractivity contribution in [2.24, 2.45) is 22.6 Å². The molecular formula is C9H17N3. The number of guanidine groups is 1. The van der Waals surface area contributed by atoms with Gasteiger partial charge in [0.2, 0.25) is 0 Å². The Labute approximate surface area is 73.6 Å². The summed E-state index contributed by atoms with van der Waals surface area (Å²) in [6.07, 6.45) is 1.24. The van der Waals surface area contributed by atoms with Crippen LogP contribution in [0.25, 0.3) is 0 Å². The average Bonchev–Trinajstić information content (AvgIpc) is 2.35. The zero-order chi connectivity index (χ0) is 8.93. The quantitative estimate of drug-likeness (QED) is 0.576. The standard InChI is InChI=1S/C9H17N3/c1-6-4-9(7(6)2)5-11-8(10)12(9)3/h6-7H,4-5H2,1-3H3,(H2,10,11). The highest BCUT2D eigenvalue weighted by Crippen LogP contribution is 2.48. The minimum atomic E-state index is 0.281. The third-order valence-electron chi connectivity index (χ3n) is 3.90. The molecule has 0 saturated heterocycles. The van der Waals surface area contributed by atoms with Gasteiger partial charge in [0.1, 0.15) is 0 Å². The lowest BCUT2D eigenvalue weighted by molar-refractivity contribution is -0.00973. The van der Waals surface area contributed by atoms with Crippen LogP contribution in [0.2, 0.25) is 0 Å². The molecular weight excluding hydrogens is 150 g/mol. The molecule has 0 aromatic heterocycles. The van der Waals surface area contributed by atoms with E-state index in [-0.39, 0.29) is 5.54 Å². The predicted molar refractivity (Wildman–Crippen MR) is 49.9 cm³/mol. The highest BCUT2D eigenvalue weighted by Gasteiger charge is 2.54. The second-order valence-corrected chi connectivity index (χ2v) is 4.31. The second kappa shape index (κ2) is 2.15. The lowest BCUT2D eigenvalue weighted by atomic mass is 9.60. The Morgan fingerprint density at radius 2 is 2.25 bits per heavy atom. The maximum absolute atomic E-state index is 5.75. The summed E-state index contributed by atoms with van der Waals surface area (Å²) in [6.45, 7) is 5.51. The van der Waals surface area contributed by atoms with Crippen LogP contribution in [0.4, 0.5) is 0 Å². The molecule has 1 heterocycles. The highest BCUT2D eigenvalue weighted by molar-refractivity contribution is 5.81. The first-order valence-electron chi connectivity index (χ1n) is 4.62. The number of rotatable bonds is 0. The number of aliphatic imine (C=N–C) groups is 1. The van der Waals surface area contributed by atoms with Crippen molar-refractivity contribution in [3.8, 4) is 0 Å². The van der Waals surface area contributed by atoms with Crippen molar-refractivity contribution >= 4 is 5.96 Å². The Morgan fingerprint density at radius 1 is 1.58 bits per heavy atom. The monoisotopic (exact) mass is 167 g/mol. The predicted octanol–water partition coefficient (Wildman–Crippen LogP) is 0.661. The van der Waals surface area contributed by atoms with E-state index in [1.54, 1.807) is 0 Å². The molecule has 3 heteroatoms. The summed E-state index contributed by atoms with van der Waals surface area (Å²) in [7, 11) is 2.06. The number of nitrogens with zero attached hydrogens (tertiary/aromatic N) is 2. The second-order valence-electron chi connectivity index (χ2n) is 4.31. The molecule has 1 fully saturated rings. The van der Waals surface area contributed by atoms with Gasteiger partial charge in [-0.1, -0.05) is 13.8 Å². The molecule has 0 bridgehead atoms. The normalized spacial score (nSPS) is 46.2. The molecule has 2 aliphatic rings. The Morgan fingerprint density at radius 3 is 2.58 bits per heavy atom. The minimum absolute atomic E-state index is 0.281. The minimum Gasteiger partial charge on any atom is -0.370 e. The van der Waals surface area contributed by atoms with Crippen LogP contribution in [-0.2, 0) is 0 Å². The van der Waals surface area contributed by atoms with E-state index in [2.05, 4.69) is 30.8 Å². The molecule has 12 heavy (non-hydrogen) atoms. The molecule has 0 radical (unpaired) electrons. The molecule has 0 amide bonds. The van der Waals surface area contributed by atoms with Crippen LogP contribution in [0.1, 0.15) is 20.3 Å². The third kappa shape index (κ3) is 0.692. The topological polar surface area (TPSA) is 41.6 Å². The number of hydrogen-bond donors (Lipinski definition) is 1. The van der Waals surface area contributed by atoms with Crippen LogP contribution in [0.3, 0.4) is 0 Å². The summed E-state index contributed by atoms with van der Waals surface area (Å²) in [5.74, 6) is 2.27. The summed E-state index contributed by atoms with van der Waals surface area (Å²) in [6, 6.07) is 0. The van der Waals surface area contributed by atoms with Gasteiger partial charge < -0.3 is 10.6 Å². The van der Waals surface area contributed by atoms with E-state index >= 15 is 0 Å². The third-order valence-corrected chi connectivity index (χ3v) is 3.90. The van der Waals surface area contributed by atoms with Crippen LogP contribution in [0.15, 0.2) is 4.99 Å². The number of likely N-dealkylation sites (N-methyl/N-ethyl adjacent to an activating group) is 1. The van der Waals surface area contributed by atoms with Gasteiger partial charge in [0.25, 0.3) is 0 Å². The maximum atomic E-state index is 5.75. The van der Waals surface area contributed by atoms with Crippen LogP contribution >= 0.6 is 0 Å². The summed E-state index contributed by atoms with van der Waals surface area (Å²) in [5, 5.41) is 0. The fourth-order valence-electron chi connectivity index (χ4n) is 2.60. The van der Waals surface area contributed by atoms with Crippen LogP contribution in [-0.4, -0.2) is 30.0 Å². The smallest absolute Gasteiger partial charge is 0.191 e. The molecule has 3 nitrogen and oxygen atoms in total. The first-order chi connectivity index (χ1) is 5.58. The lowest BCUT2D eigenvalue weighted by Gasteiger charge is -2.54. The fraction of sp³-hybridized carbons (Fsp3) is 0.889. The lowest BCUT2D eigenvalue weighted by Crippen LogP contribution is -2.62. The van der Waals surface area contributed by atoms with Gasteiger partial charge in [-0.05, 0) is 18.3 Å². The van der Waals surface area contributed by atoms with E-state index in [1.807, 2.05) is 0 Å². The number of hydrogen-bond acceptors (Lipinski definition) is 3. The average molecular weight is 167 g/mol. The Bertz CT molecular complexity index is 236. The van der Waals surface area contributed by atoms with Gasteiger partial charge >= 0.3 is 0 Å². The van der Waals surface area contributed by atoms with Crippen molar-refractivity contribution in [3.05, 3.63) is 0 Å². The van der Waals surface area contributed by atoms with Crippen molar-refractivity contribution in [1.82, 2.24) is 4.90 Å². The molecule has 68 valence electrons. The Hall–Kier alpha value is -0.730. The summed E-state index contributed by atoms with van der Waals surface area (Å²) in [5.41, 5.74) is 6.03. The van der Waals surface area contributed by atoms with E-state index < -0.39 is 0 Å². The maximum Gasteiger partial charge on any atom is 0.191 e. The van der Waals surface area contributed by atoms with Crippen molar-refractivity contribution in [2.45, 2.75) is 25.8 Å². The van der Waals surface area contributed by atoms with Crippen LogP contribution in [0.5, 0.6) is 0 Å². The molecule has 1 saturated carbocycles. The van der Waals surface area contributed by atoms with Crippen molar-refractivity contribution in [3.63, 3.8) is 0 Å². The molecule has 1 aliphatic carbocycles. The van der Waals surface area contributed by atoms with Gasteiger partial charge in [0.15, 0.2) is 5.96 Å². The van der Waals surface area contributed by atoms with E-state index in [0.717, 1.165) is 18.4 Å². The van der Waals surface area contributed by atoms with E-state index in [1.165, 1.54) is 6.42 Å². The molecule has 2 N–H and O–H groups in total. The summed E-state index contributed by atoms with van der Waals surface area (Å²) < 4.78 is 0. The van der Waals surface area contributed by atoms with Crippen LogP contribution in [0, 0.1) is 11.8 Å². The zero-order valence-electron chi connectivity index (χ0n) is 8.04. The molecule has 3 atom stereocenters. The Balaban J connectivity index is 2.17. The van der Waals surface area contributed by atoms with Gasteiger partial charge in [0.05, 0.1) is 12.1 Å². The fourth-order valence-corrected chi connectivity index (χ4v) is 2.60. The SMILES string of the molecule is CC1CC2(CN=C(N)N2C)C1C. The molecule has 2 rings (SSSR count). The number of nitrogens with two attached hydrogens (primary N) is 1. The molecule has 0 aromatic rings. The van der Waals surface area contributed by atoms with Gasteiger partial charge in [0, 0.05) is 7.05 Å². The van der Waals surface area contributed by atoms with Gasteiger partial charge in [-0.3, -0.25) is 4.99 Å². The Kier molecular flexibility index (Phi) is 1.41. The van der Waals surface area contributed by atoms with Crippen LogP contribution < -0.4 is 5.73 Å². The molecule has 3 unspecified atom stereocenters. The van der Waals surface area contributed by atoms with Crippen molar-refractivity contribution < 1.29 is 0 Å². The molecule has 0 aromatic carbocycles. The zero-order valence-corrected chi connectivity index (χ0v) is 8.04. The van der Waals surface area contributed by atoms with Gasteiger partial charge in [-0.15, -0.1) is 0 Å². The largest absolute Gasteiger partial charge is 0.370 e. The van der Waals surface area contributed by atoms with E-state index in [9.17, 15) is 0 Å². The first-order valence-corrected chi connectivity index (χ1v) is 4.62.